The third-order valence-electron chi connectivity index (χ3n) is 4.99. The Morgan fingerprint density at radius 2 is 1.84 bits per heavy atom. The maximum absolute atomic E-state index is 13.0. The molecule has 6 nitrogen and oxygen atoms in total. The summed E-state index contributed by atoms with van der Waals surface area (Å²) in [5.41, 5.74) is 2.22. The number of rotatable bonds is 4. The number of fused-ring (bicyclic) bond motifs is 1. The molecule has 0 aliphatic carbocycles. The topological polar surface area (TPSA) is 72.2 Å². The smallest absolute Gasteiger partial charge is 0.319 e. The number of aromatic nitrogens is 4. The van der Waals surface area contributed by atoms with E-state index in [0.29, 0.717) is 17.8 Å². The number of alkyl halides is 3. The number of hydrogen-bond donors (Lipinski definition) is 1. The normalized spacial score (nSPS) is 11.7. The van der Waals surface area contributed by atoms with Crippen LogP contribution in [0.1, 0.15) is 34.4 Å². The molecule has 0 saturated heterocycles. The molecule has 2 heterocycles. The maximum Gasteiger partial charge on any atom is 0.416 e. The summed E-state index contributed by atoms with van der Waals surface area (Å²) in [5, 5.41) is 15.2. The number of nitrogens with zero attached hydrogens (tertiary/aromatic N) is 4. The van der Waals surface area contributed by atoms with Gasteiger partial charge < -0.3 is 5.32 Å². The number of aryl methyl sites for hydroxylation is 2. The lowest BCUT2D eigenvalue weighted by Gasteiger charge is -2.12. The number of anilines is 1. The highest BCUT2D eigenvalue weighted by atomic mass is 35.5. The summed E-state index contributed by atoms with van der Waals surface area (Å²) in [6.07, 6.45) is -3.94. The van der Waals surface area contributed by atoms with E-state index in [1.165, 1.54) is 4.52 Å². The van der Waals surface area contributed by atoms with E-state index in [4.69, 9.17) is 11.6 Å². The van der Waals surface area contributed by atoms with Crippen molar-refractivity contribution < 1.29 is 18.0 Å². The van der Waals surface area contributed by atoms with Crippen LogP contribution in [-0.4, -0.2) is 25.7 Å². The fourth-order valence-electron chi connectivity index (χ4n) is 3.39. The van der Waals surface area contributed by atoms with Crippen molar-refractivity contribution in [2.45, 2.75) is 26.4 Å². The van der Waals surface area contributed by atoms with Crippen molar-refractivity contribution in [3.8, 4) is 11.1 Å². The molecule has 0 spiro atoms. The Morgan fingerprint density at radius 3 is 2.50 bits per heavy atom. The first-order valence-corrected chi connectivity index (χ1v) is 10.1. The van der Waals surface area contributed by atoms with Gasteiger partial charge in [0.2, 0.25) is 0 Å². The molecule has 0 bridgehead atoms. The monoisotopic (exact) mass is 459 g/mol. The van der Waals surface area contributed by atoms with Gasteiger partial charge in [0.1, 0.15) is 0 Å². The molecule has 4 aromatic rings. The molecule has 10 heteroatoms. The van der Waals surface area contributed by atoms with E-state index in [1.807, 2.05) is 37.3 Å². The molecule has 32 heavy (non-hydrogen) atoms. The number of carbonyl (C=O) groups is 1. The van der Waals surface area contributed by atoms with Gasteiger partial charge in [-0.2, -0.15) is 18.3 Å². The zero-order valence-corrected chi connectivity index (χ0v) is 17.8. The van der Waals surface area contributed by atoms with Gasteiger partial charge in [-0.1, -0.05) is 48.9 Å². The molecule has 2 aromatic carbocycles. The summed E-state index contributed by atoms with van der Waals surface area (Å²) in [4.78, 5) is 12.8. The lowest BCUT2D eigenvalue weighted by molar-refractivity contribution is -0.137. The predicted molar refractivity (Wildman–Crippen MR) is 115 cm³/mol. The molecule has 1 N–H and O–H groups in total. The van der Waals surface area contributed by atoms with Crippen LogP contribution in [0.25, 0.3) is 16.8 Å². The Balaban J connectivity index is 1.75. The Bertz CT molecular complexity index is 1320. The molecular formula is C22H17ClF3N5O. The minimum absolute atomic E-state index is 0.0308. The van der Waals surface area contributed by atoms with E-state index < -0.39 is 17.6 Å². The zero-order chi connectivity index (χ0) is 23.0. The molecule has 0 radical (unpaired) electrons. The molecule has 0 aliphatic heterocycles. The van der Waals surface area contributed by atoms with Crippen LogP contribution in [0.3, 0.4) is 0 Å². The fourth-order valence-corrected chi connectivity index (χ4v) is 3.55. The van der Waals surface area contributed by atoms with E-state index in [2.05, 4.69) is 20.6 Å². The van der Waals surface area contributed by atoms with Crippen molar-refractivity contribution in [1.82, 2.24) is 19.8 Å². The first kappa shape index (κ1) is 21.8. The standard InChI is InChI=1S/C22H17ClF3N5O/c1-3-16-18(13-7-5-4-6-8-13)20-29-28-19(12(2)31(20)30-16)21(32)27-17-11-14(22(24,25)26)9-10-15(17)23/h4-11H,3H2,1-2H3,(H,27,32). The predicted octanol–water partition coefficient (Wildman–Crippen LogP) is 5.59. The van der Waals surface area contributed by atoms with E-state index in [-0.39, 0.29) is 16.4 Å². The molecule has 0 fully saturated rings. The summed E-state index contributed by atoms with van der Waals surface area (Å²) in [5.74, 6) is -0.743. The molecule has 4 rings (SSSR count). The van der Waals surface area contributed by atoms with Crippen LogP contribution in [0.15, 0.2) is 48.5 Å². The summed E-state index contributed by atoms with van der Waals surface area (Å²) in [6.45, 7) is 3.60. The summed E-state index contributed by atoms with van der Waals surface area (Å²) >= 11 is 5.99. The first-order chi connectivity index (χ1) is 15.2. The molecule has 0 saturated carbocycles. The number of benzene rings is 2. The average Bonchev–Trinajstić information content (AvgIpc) is 3.15. The molecule has 0 atom stereocenters. The fraction of sp³-hybridized carbons (Fsp3) is 0.182. The van der Waals surface area contributed by atoms with E-state index in [0.717, 1.165) is 35.0 Å². The van der Waals surface area contributed by atoms with Crippen molar-refractivity contribution >= 4 is 28.8 Å². The quantitative estimate of drug-likeness (QED) is 0.432. The highest BCUT2D eigenvalue weighted by Gasteiger charge is 2.31. The lowest BCUT2D eigenvalue weighted by Crippen LogP contribution is -2.19. The first-order valence-electron chi connectivity index (χ1n) is 9.69. The van der Waals surface area contributed by atoms with Crippen molar-refractivity contribution in [2.75, 3.05) is 5.32 Å². The van der Waals surface area contributed by atoms with Crippen molar-refractivity contribution in [3.05, 3.63) is 76.2 Å². The van der Waals surface area contributed by atoms with Gasteiger partial charge >= 0.3 is 6.18 Å². The molecule has 0 aliphatic rings. The van der Waals surface area contributed by atoms with Crippen LogP contribution < -0.4 is 5.32 Å². The van der Waals surface area contributed by atoms with Crippen LogP contribution in [0.5, 0.6) is 0 Å². The molecule has 2 aromatic heterocycles. The van der Waals surface area contributed by atoms with E-state index >= 15 is 0 Å². The summed E-state index contributed by atoms with van der Waals surface area (Å²) < 4.78 is 40.6. The maximum atomic E-state index is 13.0. The lowest BCUT2D eigenvalue weighted by atomic mass is 10.0. The van der Waals surface area contributed by atoms with Crippen LogP contribution in [0.4, 0.5) is 18.9 Å². The number of amides is 1. The van der Waals surface area contributed by atoms with Gasteiger partial charge in [-0.25, -0.2) is 4.52 Å². The minimum atomic E-state index is -4.57. The Morgan fingerprint density at radius 1 is 1.12 bits per heavy atom. The third kappa shape index (κ3) is 3.91. The molecular weight excluding hydrogens is 443 g/mol. The van der Waals surface area contributed by atoms with E-state index in [9.17, 15) is 18.0 Å². The van der Waals surface area contributed by atoms with Crippen LogP contribution in [0, 0.1) is 6.92 Å². The van der Waals surface area contributed by atoms with Crippen molar-refractivity contribution in [3.63, 3.8) is 0 Å². The van der Waals surface area contributed by atoms with Gasteiger partial charge in [0.25, 0.3) is 5.91 Å². The highest BCUT2D eigenvalue weighted by molar-refractivity contribution is 6.34. The second-order valence-electron chi connectivity index (χ2n) is 7.06. The second kappa shape index (κ2) is 8.23. The van der Waals surface area contributed by atoms with Gasteiger partial charge in [0.05, 0.1) is 33.2 Å². The van der Waals surface area contributed by atoms with E-state index in [1.54, 1.807) is 6.92 Å². The number of hydrogen-bond acceptors (Lipinski definition) is 4. The molecule has 164 valence electrons. The average molecular weight is 460 g/mol. The number of carbonyl (C=O) groups excluding carboxylic acids is 1. The molecule has 0 unspecified atom stereocenters. The van der Waals surface area contributed by atoms with Crippen LogP contribution in [0.2, 0.25) is 5.02 Å². The third-order valence-corrected chi connectivity index (χ3v) is 5.32. The Labute approximate surface area is 186 Å². The Hall–Kier alpha value is -3.46. The van der Waals surface area contributed by atoms with Gasteiger partial charge in [0.15, 0.2) is 11.3 Å². The van der Waals surface area contributed by atoms with Crippen molar-refractivity contribution in [1.29, 1.82) is 0 Å². The molecule has 1 amide bonds. The van der Waals surface area contributed by atoms with Crippen molar-refractivity contribution in [2.24, 2.45) is 0 Å². The SMILES string of the molecule is CCc1nn2c(C)c(C(=O)Nc3cc(C(F)(F)F)ccc3Cl)nnc2c1-c1ccccc1. The van der Waals surface area contributed by atoms with Gasteiger partial charge in [-0.15, -0.1) is 10.2 Å². The van der Waals surface area contributed by atoms with Crippen LogP contribution in [-0.2, 0) is 12.6 Å². The zero-order valence-electron chi connectivity index (χ0n) is 17.0. The second-order valence-corrected chi connectivity index (χ2v) is 7.46. The summed E-state index contributed by atoms with van der Waals surface area (Å²) in [6, 6.07) is 12.3. The largest absolute Gasteiger partial charge is 0.416 e. The number of nitrogens with one attached hydrogen (secondary N) is 1. The summed E-state index contributed by atoms with van der Waals surface area (Å²) in [7, 11) is 0. The van der Waals surface area contributed by atoms with Gasteiger partial charge in [-0.05, 0) is 37.1 Å². The highest BCUT2D eigenvalue weighted by Crippen LogP contribution is 2.34. The van der Waals surface area contributed by atoms with Crippen LogP contribution >= 0.6 is 11.6 Å². The minimum Gasteiger partial charge on any atom is -0.319 e. The number of halogens is 4. The van der Waals surface area contributed by atoms with Gasteiger partial charge in [0, 0.05) is 0 Å². The Kier molecular flexibility index (Phi) is 5.60. The van der Waals surface area contributed by atoms with Gasteiger partial charge in [-0.3, -0.25) is 4.79 Å².